The topological polar surface area (TPSA) is 91.1 Å². The third-order valence-electron chi connectivity index (χ3n) is 3.27. The van der Waals surface area contributed by atoms with Crippen molar-refractivity contribution in [2.45, 2.75) is 0 Å². The molecule has 6 nitrogen and oxygen atoms in total. The van der Waals surface area contributed by atoms with Gasteiger partial charge < -0.3 is 10.3 Å². The van der Waals surface area contributed by atoms with E-state index in [4.69, 9.17) is 0 Å². The second kappa shape index (κ2) is 5.97. The van der Waals surface area contributed by atoms with Gasteiger partial charge in [0, 0.05) is 22.3 Å². The van der Waals surface area contributed by atoms with Gasteiger partial charge in [0.05, 0.1) is 6.26 Å². The van der Waals surface area contributed by atoms with E-state index < -0.39 is 10.0 Å². The van der Waals surface area contributed by atoms with Crippen LogP contribution in [0.4, 0.5) is 15.8 Å². The molecule has 0 radical (unpaired) electrons. The summed E-state index contributed by atoms with van der Waals surface area (Å²) in [6, 6.07) is 12.0. The lowest BCUT2D eigenvalue weighted by atomic mass is 10.2. The minimum absolute atomic E-state index is 0.300. The number of hydrogen-bond donors (Lipinski definition) is 3. The Hall–Kier alpha value is -2.87. The average Bonchev–Trinajstić information content (AvgIpc) is 2.91. The van der Waals surface area contributed by atoms with E-state index in [0.29, 0.717) is 28.0 Å². The maximum Gasteiger partial charge on any atom is 0.272 e. The monoisotopic (exact) mass is 347 g/mol. The summed E-state index contributed by atoms with van der Waals surface area (Å²) < 4.78 is 37.8. The van der Waals surface area contributed by atoms with Crippen LogP contribution in [0.1, 0.15) is 10.5 Å². The summed E-state index contributed by atoms with van der Waals surface area (Å²) >= 11 is 0. The number of H-pyrrole nitrogens is 1. The Balaban J connectivity index is 1.76. The number of anilines is 2. The lowest BCUT2D eigenvalue weighted by Gasteiger charge is -2.06. The van der Waals surface area contributed by atoms with Gasteiger partial charge in [0.25, 0.3) is 5.91 Å². The van der Waals surface area contributed by atoms with Crippen LogP contribution in [0.5, 0.6) is 0 Å². The number of halogens is 1. The fourth-order valence-corrected chi connectivity index (χ4v) is 2.82. The molecule has 1 heterocycles. The highest BCUT2D eigenvalue weighted by atomic mass is 32.2. The third kappa shape index (κ3) is 3.72. The molecule has 8 heteroatoms. The number of hydrogen-bond acceptors (Lipinski definition) is 3. The Morgan fingerprint density at radius 1 is 1.04 bits per heavy atom. The number of aromatic nitrogens is 1. The van der Waals surface area contributed by atoms with Gasteiger partial charge in [-0.25, -0.2) is 12.8 Å². The average molecular weight is 347 g/mol. The molecule has 0 fully saturated rings. The third-order valence-corrected chi connectivity index (χ3v) is 3.88. The first-order valence-corrected chi connectivity index (χ1v) is 8.87. The normalized spacial score (nSPS) is 11.4. The number of rotatable bonds is 4. The molecule has 0 atom stereocenters. The summed E-state index contributed by atoms with van der Waals surface area (Å²) in [5.41, 5.74) is 1.86. The standard InChI is InChI=1S/C16H14FN3O3S/c1-24(22,23)20-13-5-3-12(4-6-13)18-16(21)15-9-10-8-11(17)2-7-14(10)19-15/h2-9,19-20H,1H3,(H,18,21). The Bertz CT molecular complexity index is 1010. The van der Waals surface area contributed by atoms with Crippen molar-refractivity contribution >= 4 is 38.2 Å². The van der Waals surface area contributed by atoms with E-state index in [-0.39, 0.29) is 11.7 Å². The molecule has 0 aliphatic rings. The van der Waals surface area contributed by atoms with E-state index in [1.54, 1.807) is 24.3 Å². The molecule has 0 unspecified atom stereocenters. The predicted molar refractivity (Wildman–Crippen MR) is 91.1 cm³/mol. The van der Waals surface area contributed by atoms with E-state index in [1.807, 2.05) is 0 Å². The summed E-state index contributed by atoms with van der Waals surface area (Å²) in [6.07, 6.45) is 1.06. The molecular weight excluding hydrogens is 333 g/mol. The van der Waals surface area contributed by atoms with Gasteiger partial charge in [0.2, 0.25) is 10.0 Å². The van der Waals surface area contributed by atoms with Gasteiger partial charge in [0.15, 0.2) is 0 Å². The molecule has 0 spiro atoms. The maximum absolute atomic E-state index is 13.2. The molecule has 2 aromatic carbocycles. The lowest BCUT2D eigenvalue weighted by Crippen LogP contribution is -2.12. The fourth-order valence-electron chi connectivity index (χ4n) is 2.26. The van der Waals surface area contributed by atoms with Crippen LogP contribution >= 0.6 is 0 Å². The molecule has 0 saturated carbocycles. The molecule has 3 rings (SSSR count). The van der Waals surface area contributed by atoms with Crippen LogP contribution in [0.2, 0.25) is 0 Å². The van der Waals surface area contributed by atoms with E-state index in [9.17, 15) is 17.6 Å². The van der Waals surface area contributed by atoms with Gasteiger partial charge in [-0.2, -0.15) is 0 Å². The van der Waals surface area contributed by atoms with Crippen molar-refractivity contribution in [1.29, 1.82) is 0 Å². The van der Waals surface area contributed by atoms with E-state index in [0.717, 1.165) is 6.26 Å². The van der Waals surface area contributed by atoms with Crippen molar-refractivity contribution in [1.82, 2.24) is 4.98 Å². The Morgan fingerprint density at radius 3 is 2.38 bits per heavy atom. The SMILES string of the molecule is CS(=O)(=O)Nc1ccc(NC(=O)c2cc3cc(F)ccc3[nH]2)cc1. The van der Waals surface area contributed by atoms with Crippen molar-refractivity contribution in [2.24, 2.45) is 0 Å². The summed E-state index contributed by atoms with van der Waals surface area (Å²) in [4.78, 5) is 15.1. The van der Waals surface area contributed by atoms with Crippen LogP contribution in [0.3, 0.4) is 0 Å². The molecule has 124 valence electrons. The van der Waals surface area contributed by atoms with E-state index >= 15 is 0 Å². The van der Waals surface area contributed by atoms with E-state index in [1.165, 1.54) is 24.3 Å². The van der Waals surface area contributed by atoms with Gasteiger partial charge in [-0.3, -0.25) is 9.52 Å². The van der Waals surface area contributed by atoms with Gasteiger partial charge in [-0.15, -0.1) is 0 Å². The molecule has 0 saturated heterocycles. The zero-order valence-electron chi connectivity index (χ0n) is 12.6. The Morgan fingerprint density at radius 2 is 1.71 bits per heavy atom. The number of nitrogens with one attached hydrogen (secondary N) is 3. The second-order valence-corrected chi connectivity index (χ2v) is 7.07. The number of fused-ring (bicyclic) bond motifs is 1. The minimum atomic E-state index is -3.35. The first-order valence-electron chi connectivity index (χ1n) is 6.98. The second-order valence-electron chi connectivity index (χ2n) is 5.32. The maximum atomic E-state index is 13.2. The fraction of sp³-hybridized carbons (Fsp3) is 0.0625. The number of amides is 1. The first kappa shape index (κ1) is 16.0. The Kier molecular flexibility index (Phi) is 3.98. The number of benzene rings is 2. The molecule has 1 aromatic heterocycles. The first-order chi connectivity index (χ1) is 11.3. The Labute approximate surface area is 137 Å². The number of carbonyl (C=O) groups excluding carboxylic acids is 1. The highest BCUT2D eigenvalue weighted by Gasteiger charge is 2.10. The minimum Gasteiger partial charge on any atom is -0.351 e. The molecule has 0 bridgehead atoms. The van der Waals surface area contributed by atoms with Crippen molar-refractivity contribution in [3.05, 3.63) is 60.0 Å². The number of aromatic amines is 1. The van der Waals surface area contributed by atoms with Crippen molar-refractivity contribution in [2.75, 3.05) is 16.3 Å². The highest BCUT2D eigenvalue weighted by molar-refractivity contribution is 7.92. The van der Waals surface area contributed by atoms with Gasteiger partial charge in [0.1, 0.15) is 11.5 Å². The quantitative estimate of drug-likeness (QED) is 0.678. The van der Waals surface area contributed by atoms with Crippen molar-refractivity contribution in [3.8, 4) is 0 Å². The van der Waals surface area contributed by atoms with Crippen LogP contribution in [-0.4, -0.2) is 25.6 Å². The summed E-state index contributed by atoms with van der Waals surface area (Å²) in [7, 11) is -3.35. The lowest BCUT2D eigenvalue weighted by molar-refractivity contribution is 0.102. The highest BCUT2D eigenvalue weighted by Crippen LogP contribution is 2.19. The van der Waals surface area contributed by atoms with Crippen LogP contribution < -0.4 is 10.0 Å². The largest absolute Gasteiger partial charge is 0.351 e. The van der Waals surface area contributed by atoms with E-state index in [2.05, 4.69) is 15.0 Å². The molecule has 0 aliphatic carbocycles. The van der Waals surface area contributed by atoms with Gasteiger partial charge in [-0.05, 0) is 48.5 Å². The van der Waals surface area contributed by atoms with Crippen molar-refractivity contribution < 1.29 is 17.6 Å². The van der Waals surface area contributed by atoms with Crippen LogP contribution in [0.25, 0.3) is 10.9 Å². The van der Waals surface area contributed by atoms with Crippen LogP contribution in [0, 0.1) is 5.82 Å². The predicted octanol–water partition coefficient (Wildman–Crippen LogP) is 2.93. The zero-order valence-corrected chi connectivity index (χ0v) is 13.4. The molecule has 24 heavy (non-hydrogen) atoms. The molecule has 3 aromatic rings. The summed E-state index contributed by atoms with van der Waals surface area (Å²) in [5, 5.41) is 3.29. The number of sulfonamides is 1. The summed E-state index contributed by atoms with van der Waals surface area (Å²) in [5.74, 6) is -0.752. The number of carbonyl (C=O) groups is 1. The smallest absolute Gasteiger partial charge is 0.272 e. The van der Waals surface area contributed by atoms with Crippen LogP contribution in [-0.2, 0) is 10.0 Å². The molecule has 0 aliphatic heterocycles. The van der Waals surface area contributed by atoms with Gasteiger partial charge >= 0.3 is 0 Å². The molecule has 1 amide bonds. The molecule has 3 N–H and O–H groups in total. The summed E-state index contributed by atoms with van der Waals surface area (Å²) in [6.45, 7) is 0. The van der Waals surface area contributed by atoms with Crippen molar-refractivity contribution in [3.63, 3.8) is 0 Å². The van der Waals surface area contributed by atoms with Gasteiger partial charge in [-0.1, -0.05) is 0 Å². The zero-order chi connectivity index (χ0) is 17.3. The molecular formula is C16H14FN3O3S. The van der Waals surface area contributed by atoms with Crippen LogP contribution in [0.15, 0.2) is 48.5 Å².